The molecule has 8 heteroatoms. The van der Waals surface area contributed by atoms with Crippen LogP contribution < -0.4 is 11.2 Å². The van der Waals surface area contributed by atoms with Crippen LogP contribution in [-0.4, -0.2) is 18.3 Å². The largest absolute Gasteiger partial charge is 0.320 e. The fraction of sp³-hybridized carbons (Fsp3) is 0.400. The van der Waals surface area contributed by atoms with Gasteiger partial charge in [-0.1, -0.05) is 0 Å². The van der Waals surface area contributed by atoms with E-state index in [-0.39, 0.29) is 0 Å². The van der Waals surface area contributed by atoms with Gasteiger partial charge in [-0.05, 0) is 11.2 Å². The topological polar surface area (TPSA) is 44.4 Å². The maximum Gasteiger partial charge on any atom is 0.243 e. The Morgan fingerprint density at radius 1 is 0.778 bits per heavy atom. The minimum atomic E-state index is -1.31. The molecule has 0 unspecified atom stereocenters. The number of aromatic nitrogens is 4. The summed E-state index contributed by atoms with van der Waals surface area (Å²) in [5.74, 6) is 0. The van der Waals surface area contributed by atoms with Crippen LogP contribution in [0.1, 0.15) is 0 Å². The minimum Gasteiger partial charge on any atom is -0.320 e. The summed E-state index contributed by atoms with van der Waals surface area (Å²) < 4.78 is 16.5. The second-order valence-corrected chi connectivity index (χ2v) is 5.87. The monoisotopic (exact) mass is 286 g/mol. The third kappa shape index (κ3) is 2.60. The fourth-order valence-corrected chi connectivity index (χ4v) is 2.93. The van der Waals surface area contributed by atoms with Crippen molar-refractivity contribution in [3.63, 3.8) is 0 Å². The molecule has 0 amide bonds. The van der Waals surface area contributed by atoms with Crippen LogP contribution in [0.3, 0.4) is 0 Å². The van der Waals surface area contributed by atoms with Crippen LogP contribution in [0.5, 0.6) is 0 Å². The van der Waals surface area contributed by atoms with Crippen molar-refractivity contribution in [3.8, 4) is 0 Å². The van der Waals surface area contributed by atoms with E-state index in [4.69, 9.17) is 11.2 Å². The lowest BCUT2D eigenvalue weighted by atomic mass is 10.9. The first-order valence-electron chi connectivity index (χ1n) is 5.40. The molecule has 18 heavy (non-hydrogen) atoms. The number of imidazole rings is 2. The van der Waals surface area contributed by atoms with Crippen molar-refractivity contribution in [1.82, 2.24) is 18.3 Å². The highest BCUT2D eigenvalue weighted by atomic mass is 35.7. The summed E-state index contributed by atoms with van der Waals surface area (Å²) in [5, 5.41) is 0. The quantitative estimate of drug-likeness (QED) is 0.740. The van der Waals surface area contributed by atoms with Gasteiger partial charge in [0, 0.05) is 53.0 Å². The molecule has 0 radical (unpaired) electrons. The molecule has 0 aromatic carbocycles. The second-order valence-electron chi connectivity index (χ2n) is 4.08. The van der Waals surface area contributed by atoms with E-state index in [0.717, 1.165) is 11.2 Å². The summed E-state index contributed by atoms with van der Waals surface area (Å²) in [6, 6.07) is 0. The molecule has 0 saturated heterocycles. The molecule has 2 aromatic rings. The van der Waals surface area contributed by atoms with Crippen molar-refractivity contribution < 1.29 is 0 Å². The van der Waals surface area contributed by atoms with Gasteiger partial charge in [0.25, 0.3) is 0 Å². The molecule has 0 fully saturated rings. The lowest BCUT2D eigenvalue weighted by molar-refractivity contribution is 0.747. The van der Waals surface area contributed by atoms with E-state index in [9.17, 15) is 0 Å². The molecule has 2 aromatic heterocycles. The highest BCUT2D eigenvalue weighted by Crippen LogP contribution is 2.42. The van der Waals surface area contributed by atoms with Gasteiger partial charge in [0.15, 0.2) is 0 Å². The molecule has 0 bridgehead atoms. The normalized spacial score (nSPS) is 11.0. The Morgan fingerprint density at radius 3 is 1.33 bits per heavy atom. The van der Waals surface area contributed by atoms with Gasteiger partial charge in [0.05, 0.1) is 0 Å². The molecule has 0 saturated carbocycles. The zero-order valence-electron chi connectivity index (χ0n) is 10.8. The van der Waals surface area contributed by atoms with Crippen LogP contribution in [0, 0.1) is 0 Å². The zero-order valence-corrected chi connectivity index (χ0v) is 12.5. The van der Waals surface area contributed by atoms with E-state index >= 15 is 0 Å². The summed E-state index contributed by atoms with van der Waals surface area (Å²) in [6.07, 6.45) is 7.73. The SMILES string of the molecule is Cn1ccn(C)c1=NP(Cl)N=c1n(C)ccn1C. The van der Waals surface area contributed by atoms with Crippen molar-refractivity contribution in [2.45, 2.75) is 0 Å². The Labute approximate surface area is 111 Å². The predicted octanol–water partition coefficient (Wildman–Crippen LogP) is 1.01. The lowest BCUT2D eigenvalue weighted by Gasteiger charge is -1.99. The Kier molecular flexibility index (Phi) is 3.78. The number of halogens is 1. The summed E-state index contributed by atoms with van der Waals surface area (Å²) in [6.45, 7) is 0. The van der Waals surface area contributed by atoms with Gasteiger partial charge in [0.2, 0.25) is 18.8 Å². The number of aryl methyl sites for hydroxylation is 4. The highest BCUT2D eigenvalue weighted by Gasteiger charge is 2.03. The molecular weight excluding hydrogens is 271 g/mol. The van der Waals surface area contributed by atoms with Gasteiger partial charge in [-0.3, -0.25) is 0 Å². The molecule has 2 rings (SSSR count). The van der Waals surface area contributed by atoms with Crippen LogP contribution in [0.25, 0.3) is 0 Å². The van der Waals surface area contributed by atoms with Gasteiger partial charge in [-0.15, -0.1) is 0 Å². The minimum absolute atomic E-state index is 0.803. The van der Waals surface area contributed by atoms with Gasteiger partial charge >= 0.3 is 0 Å². The van der Waals surface area contributed by atoms with E-state index in [1.54, 1.807) is 0 Å². The van der Waals surface area contributed by atoms with Crippen molar-refractivity contribution in [2.75, 3.05) is 0 Å². The van der Waals surface area contributed by atoms with Crippen molar-refractivity contribution >= 4 is 18.8 Å². The lowest BCUT2D eigenvalue weighted by Crippen LogP contribution is -2.22. The van der Waals surface area contributed by atoms with E-state index in [1.807, 2.05) is 71.2 Å². The Hall–Kier alpha value is -1.26. The highest BCUT2D eigenvalue weighted by molar-refractivity contribution is 7.81. The smallest absolute Gasteiger partial charge is 0.243 e. The molecule has 0 spiro atoms. The predicted molar refractivity (Wildman–Crippen MR) is 72.7 cm³/mol. The van der Waals surface area contributed by atoms with Crippen molar-refractivity contribution in [3.05, 3.63) is 36.0 Å². The maximum absolute atomic E-state index is 6.23. The van der Waals surface area contributed by atoms with Crippen LogP contribution in [0.2, 0.25) is 0 Å². The molecule has 0 aliphatic carbocycles. The number of hydrogen-bond donors (Lipinski definition) is 0. The van der Waals surface area contributed by atoms with Gasteiger partial charge in [0.1, 0.15) is 0 Å². The first-order chi connectivity index (χ1) is 8.49. The third-order valence-electron chi connectivity index (χ3n) is 2.63. The van der Waals surface area contributed by atoms with Crippen molar-refractivity contribution in [2.24, 2.45) is 37.7 Å². The summed E-state index contributed by atoms with van der Waals surface area (Å²) in [7, 11) is 6.42. The standard InChI is InChI=1S/C10H16ClN6P/c1-14-5-6-15(2)9(14)12-18(11)13-10-16(3)7-8-17(10)4/h5-8H,1-4H3. The summed E-state index contributed by atoms with van der Waals surface area (Å²) in [5.41, 5.74) is 1.61. The van der Waals surface area contributed by atoms with E-state index in [2.05, 4.69) is 9.53 Å². The van der Waals surface area contributed by atoms with Crippen molar-refractivity contribution in [1.29, 1.82) is 0 Å². The fourth-order valence-electron chi connectivity index (χ4n) is 1.62. The number of rotatable bonds is 2. The first kappa shape index (κ1) is 13.2. The maximum atomic E-state index is 6.23. The van der Waals surface area contributed by atoms with E-state index < -0.39 is 7.58 Å². The Morgan fingerprint density at radius 2 is 1.06 bits per heavy atom. The molecule has 2 heterocycles. The van der Waals surface area contributed by atoms with Crippen LogP contribution in [0.15, 0.2) is 34.3 Å². The molecule has 6 nitrogen and oxygen atoms in total. The van der Waals surface area contributed by atoms with Crippen LogP contribution in [0.4, 0.5) is 0 Å². The van der Waals surface area contributed by atoms with Gasteiger partial charge in [-0.2, -0.15) is 9.53 Å². The second kappa shape index (κ2) is 5.16. The van der Waals surface area contributed by atoms with Crippen LogP contribution >= 0.6 is 18.8 Å². The summed E-state index contributed by atoms with van der Waals surface area (Å²) >= 11 is 6.23. The average Bonchev–Trinajstić information content (AvgIpc) is 2.79. The molecule has 98 valence electrons. The molecule has 0 aliphatic heterocycles. The molecule has 0 atom stereocenters. The van der Waals surface area contributed by atoms with Crippen LogP contribution in [-0.2, 0) is 28.2 Å². The first-order valence-corrected chi connectivity index (χ1v) is 7.55. The molecular formula is C10H16ClN6P. The van der Waals surface area contributed by atoms with E-state index in [1.165, 1.54) is 0 Å². The number of hydrogen-bond acceptors (Lipinski definition) is 2. The van der Waals surface area contributed by atoms with E-state index in [0.29, 0.717) is 0 Å². The molecule has 0 aliphatic rings. The number of nitrogens with zero attached hydrogens (tertiary/aromatic N) is 6. The zero-order chi connectivity index (χ0) is 13.3. The third-order valence-corrected chi connectivity index (χ3v) is 3.77. The molecule has 0 N–H and O–H groups in total. The van der Waals surface area contributed by atoms with Gasteiger partial charge in [-0.25, -0.2) is 0 Å². The summed E-state index contributed by atoms with van der Waals surface area (Å²) in [4.78, 5) is 0. The average molecular weight is 287 g/mol. The van der Waals surface area contributed by atoms with Gasteiger partial charge < -0.3 is 18.3 Å². The Balaban J connectivity index is 2.44. The Bertz CT molecular complexity index is 570.